The van der Waals surface area contributed by atoms with Crippen molar-refractivity contribution in [3.63, 3.8) is 0 Å². The van der Waals surface area contributed by atoms with E-state index in [2.05, 4.69) is 0 Å². The van der Waals surface area contributed by atoms with Gasteiger partial charge in [0.05, 0.1) is 23.0 Å². The van der Waals surface area contributed by atoms with E-state index in [1.165, 1.54) is 18.2 Å². The van der Waals surface area contributed by atoms with Crippen molar-refractivity contribution in [2.24, 2.45) is 0 Å². The molecule has 184 valence electrons. The first-order valence-corrected chi connectivity index (χ1v) is 11.6. The van der Waals surface area contributed by atoms with Crippen LogP contribution >= 0.6 is 0 Å². The molecule has 0 spiro atoms. The van der Waals surface area contributed by atoms with Crippen molar-refractivity contribution >= 4 is 28.7 Å². The summed E-state index contributed by atoms with van der Waals surface area (Å²) in [5, 5.41) is 25.0. The van der Waals surface area contributed by atoms with E-state index in [-0.39, 0.29) is 18.2 Å². The number of carboxylic acid groups (broad SMARTS) is 1. The number of hydrogen-bond donors (Lipinski definition) is 2. The number of carbonyl (C=O) groups is 2. The van der Waals surface area contributed by atoms with Crippen LogP contribution < -0.4 is 0 Å². The van der Waals surface area contributed by atoms with E-state index in [1.807, 2.05) is 50.2 Å². The number of para-hydroxylation sites is 1. The quantitative estimate of drug-likeness (QED) is 0.316. The number of rotatable bonds is 9. The second kappa shape index (κ2) is 10.6. The minimum Gasteiger partial charge on any atom is -0.481 e. The van der Waals surface area contributed by atoms with Gasteiger partial charge >= 0.3 is 5.97 Å². The molecule has 36 heavy (non-hydrogen) atoms. The molecule has 0 saturated carbocycles. The Morgan fingerprint density at radius 2 is 1.78 bits per heavy atom. The molecular weight excluding hydrogens is 461 g/mol. The molecule has 0 amide bonds. The highest BCUT2D eigenvalue weighted by Crippen LogP contribution is 2.34. The Balaban J connectivity index is 1.84. The molecule has 8 heteroatoms. The third-order valence-corrected chi connectivity index (χ3v) is 5.69. The normalized spacial score (nSPS) is 12.5. The van der Waals surface area contributed by atoms with E-state index in [9.17, 15) is 19.1 Å². The molecule has 2 aromatic heterocycles. The summed E-state index contributed by atoms with van der Waals surface area (Å²) in [6, 6.07) is 17.6. The van der Waals surface area contributed by atoms with Crippen molar-refractivity contribution in [1.29, 1.82) is 0 Å². The van der Waals surface area contributed by atoms with Gasteiger partial charge in [0.1, 0.15) is 18.0 Å². The van der Waals surface area contributed by atoms with Crippen LogP contribution in [0.5, 0.6) is 0 Å². The molecule has 2 heterocycles. The topological polar surface area (TPSA) is 105 Å². The van der Waals surface area contributed by atoms with E-state index in [0.717, 1.165) is 16.6 Å². The first-order chi connectivity index (χ1) is 17.2. The summed E-state index contributed by atoms with van der Waals surface area (Å²) < 4.78 is 15.4. The molecule has 0 aliphatic carbocycles. The smallest absolute Gasteiger partial charge is 0.310 e. The number of aliphatic hydroxyl groups is 1. The Labute approximate surface area is 207 Å². The lowest BCUT2D eigenvalue weighted by atomic mass is 9.99. The molecule has 0 bridgehead atoms. The molecule has 2 N–H and O–H groups in total. The molecule has 0 saturated heterocycles. The second-order valence-corrected chi connectivity index (χ2v) is 8.82. The van der Waals surface area contributed by atoms with Crippen LogP contribution in [-0.4, -0.2) is 42.8 Å². The van der Waals surface area contributed by atoms with Gasteiger partial charge in [0, 0.05) is 22.9 Å². The number of fused-ring (bicyclic) bond motifs is 1. The number of aromatic nitrogens is 3. The van der Waals surface area contributed by atoms with Gasteiger partial charge in [-0.15, -0.1) is 0 Å². The third kappa shape index (κ3) is 5.55. The summed E-state index contributed by atoms with van der Waals surface area (Å²) in [6.45, 7) is 3.97. The van der Waals surface area contributed by atoms with E-state index in [0.29, 0.717) is 22.6 Å². The largest absolute Gasteiger partial charge is 0.481 e. The van der Waals surface area contributed by atoms with E-state index < -0.39 is 24.3 Å². The Kier molecular flexibility index (Phi) is 7.36. The van der Waals surface area contributed by atoms with Gasteiger partial charge < -0.3 is 10.2 Å². The summed E-state index contributed by atoms with van der Waals surface area (Å²) in [4.78, 5) is 27.4. The number of halogens is 1. The molecule has 2 aromatic carbocycles. The van der Waals surface area contributed by atoms with Crippen LogP contribution in [0.15, 0.2) is 66.7 Å². The van der Waals surface area contributed by atoms with Gasteiger partial charge in [-0.25, -0.2) is 14.1 Å². The number of Topliss-reactive ketones (excluding diaryl/α,β-unsaturated/α-hetero) is 1. The lowest BCUT2D eigenvalue weighted by Gasteiger charge is -2.10. The lowest BCUT2D eigenvalue weighted by Crippen LogP contribution is -2.14. The van der Waals surface area contributed by atoms with E-state index in [1.54, 1.807) is 22.9 Å². The summed E-state index contributed by atoms with van der Waals surface area (Å²) >= 11 is 0. The van der Waals surface area contributed by atoms with Gasteiger partial charge in [0.15, 0.2) is 5.82 Å². The fraction of sp³-hybridized carbons (Fsp3) is 0.214. The van der Waals surface area contributed by atoms with Crippen molar-refractivity contribution in [3.05, 3.63) is 83.8 Å². The number of nitrogens with zero attached hydrogens (tertiary/aromatic N) is 3. The maximum atomic E-state index is 13.7. The minimum absolute atomic E-state index is 0.00339. The summed E-state index contributed by atoms with van der Waals surface area (Å²) in [5.74, 6) is -1.61. The Morgan fingerprint density at radius 1 is 1.06 bits per heavy atom. The zero-order valence-corrected chi connectivity index (χ0v) is 19.9. The number of ketones is 1. The molecular formula is C28H26FN3O4. The van der Waals surface area contributed by atoms with Crippen LogP contribution in [0.2, 0.25) is 0 Å². The standard InChI is InChI=1S/C28H26FN3O4/c1-17(2)27-23(13-12-21(33)15-22(34)16-26(35)36)28(19-7-10-20(29)11-8-19)32(31-27)25-14-9-18-5-3-4-6-24(18)30-25/h3-14,17,21,33H,15-16H2,1-2H3,(H,35,36). The molecule has 1 unspecified atom stereocenters. The van der Waals surface area contributed by atoms with Crippen molar-refractivity contribution < 1.29 is 24.2 Å². The van der Waals surface area contributed by atoms with Crippen molar-refractivity contribution in [2.45, 2.75) is 38.7 Å². The Bertz CT molecular complexity index is 1440. The van der Waals surface area contributed by atoms with Crippen LogP contribution in [0.3, 0.4) is 0 Å². The number of benzene rings is 2. The third-order valence-electron chi connectivity index (χ3n) is 5.69. The van der Waals surface area contributed by atoms with Crippen molar-refractivity contribution in [3.8, 4) is 17.1 Å². The number of aliphatic hydroxyl groups excluding tert-OH is 1. The summed E-state index contributed by atoms with van der Waals surface area (Å²) in [5.41, 5.74) is 3.57. The molecule has 4 aromatic rings. The van der Waals surface area contributed by atoms with Gasteiger partial charge in [-0.3, -0.25) is 9.59 Å². The maximum absolute atomic E-state index is 13.7. The van der Waals surface area contributed by atoms with Crippen molar-refractivity contribution in [1.82, 2.24) is 14.8 Å². The number of carboxylic acids is 1. The van der Waals surface area contributed by atoms with Crippen molar-refractivity contribution in [2.75, 3.05) is 0 Å². The molecule has 4 rings (SSSR count). The highest BCUT2D eigenvalue weighted by Gasteiger charge is 2.22. The molecule has 1 atom stereocenters. The van der Waals surface area contributed by atoms with Crippen LogP contribution in [0.4, 0.5) is 4.39 Å². The van der Waals surface area contributed by atoms with Gasteiger partial charge in [-0.2, -0.15) is 5.10 Å². The molecule has 0 fully saturated rings. The predicted molar refractivity (Wildman–Crippen MR) is 135 cm³/mol. The number of pyridine rings is 1. The first kappa shape index (κ1) is 24.9. The highest BCUT2D eigenvalue weighted by molar-refractivity contribution is 5.95. The molecule has 7 nitrogen and oxygen atoms in total. The lowest BCUT2D eigenvalue weighted by molar-refractivity contribution is -0.140. The zero-order valence-electron chi connectivity index (χ0n) is 19.9. The van der Waals surface area contributed by atoms with Crippen LogP contribution in [-0.2, 0) is 9.59 Å². The summed E-state index contributed by atoms with van der Waals surface area (Å²) in [6.07, 6.45) is 1.01. The van der Waals surface area contributed by atoms with Crippen LogP contribution in [0, 0.1) is 5.82 Å². The minimum atomic E-state index is -1.24. The number of hydrogen-bond acceptors (Lipinski definition) is 5. The average Bonchev–Trinajstić information content (AvgIpc) is 3.22. The number of carbonyl (C=O) groups excluding carboxylic acids is 1. The fourth-order valence-electron chi connectivity index (χ4n) is 4.01. The maximum Gasteiger partial charge on any atom is 0.310 e. The second-order valence-electron chi connectivity index (χ2n) is 8.82. The Morgan fingerprint density at radius 3 is 2.47 bits per heavy atom. The monoisotopic (exact) mass is 487 g/mol. The predicted octanol–water partition coefficient (Wildman–Crippen LogP) is 5.16. The van der Waals surface area contributed by atoms with E-state index in [4.69, 9.17) is 15.2 Å². The van der Waals surface area contributed by atoms with Crippen LogP contribution in [0.25, 0.3) is 34.1 Å². The van der Waals surface area contributed by atoms with Gasteiger partial charge in [0.25, 0.3) is 0 Å². The first-order valence-electron chi connectivity index (χ1n) is 11.6. The summed E-state index contributed by atoms with van der Waals surface area (Å²) in [7, 11) is 0. The molecule has 0 aliphatic rings. The Hall–Kier alpha value is -4.17. The molecule has 0 aliphatic heterocycles. The van der Waals surface area contributed by atoms with Crippen LogP contribution in [0.1, 0.15) is 43.9 Å². The zero-order chi connectivity index (χ0) is 25.8. The van der Waals surface area contributed by atoms with E-state index >= 15 is 0 Å². The SMILES string of the molecule is CC(C)c1nn(-c2ccc3ccccc3n2)c(-c2ccc(F)cc2)c1C=CC(O)CC(=O)CC(=O)O. The van der Waals surface area contributed by atoms with Gasteiger partial charge in [-0.1, -0.05) is 44.2 Å². The average molecular weight is 488 g/mol. The van der Waals surface area contributed by atoms with Gasteiger partial charge in [0.2, 0.25) is 0 Å². The molecule has 0 radical (unpaired) electrons. The number of aliphatic carboxylic acids is 1. The highest BCUT2D eigenvalue weighted by atomic mass is 19.1. The van der Waals surface area contributed by atoms with Gasteiger partial charge in [-0.05, 0) is 48.4 Å². The fourth-order valence-corrected chi connectivity index (χ4v) is 4.01.